The van der Waals surface area contributed by atoms with Crippen molar-refractivity contribution in [1.29, 1.82) is 0 Å². The van der Waals surface area contributed by atoms with Gasteiger partial charge in [0.25, 0.3) is 0 Å². The smallest absolute Gasteiger partial charge is 0.0594 e. The van der Waals surface area contributed by atoms with Gasteiger partial charge in [0, 0.05) is 24.7 Å². The fourth-order valence-corrected chi connectivity index (χ4v) is 2.70. The summed E-state index contributed by atoms with van der Waals surface area (Å²) in [7, 11) is 0. The standard InChI is InChI=1S/C13H19ClN2O/c1-13(10-15,16-6-8-17-9-7-16)11-4-2-3-5-12(11)14/h2-5H,6-10,15H2,1H3/t13-/m0/s1. The monoisotopic (exact) mass is 254 g/mol. The Morgan fingerprint density at radius 2 is 2.00 bits per heavy atom. The zero-order valence-corrected chi connectivity index (χ0v) is 10.9. The van der Waals surface area contributed by atoms with Crippen molar-refractivity contribution < 1.29 is 4.74 Å². The Kier molecular flexibility index (Phi) is 4.05. The van der Waals surface area contributed by atoms with Crippen LogP contribution in [0.25, 0.3) is 0 Å². The van der Waals surface area contributed by atoms with E-state index in [-0.39, 0.29) is 5.54 Å². The number of hydrogen-bond acceptors (Lipinski definition) is 3. The number of rotatable bonds is 3. The topological polar surface area (TPSA) is 38.5 Å². The van der Waals surface area contributed by atoms with Gasteiger partial charge in [0.05, 0.1) is 18.8 Å². The van der Waals surface area contributed by atoms with Crippen LogP contribution < -0.4 is 5.73 Å². The number of hydrogen-bond donors (Lipinski definition) is 1. The molecule has 1 saturated heterocycles. The zero-order valence-electron chi connectivity index (χ0n) is 10.2. The molecule has 0 spiro atoms. The Balaban J connectivity index is 2.32. The molecule has 0 unspecified atom stereocenters. The second-order valence-corrected chi connectivity index (χ2v) is 4.96. The summed E-state index contributed by atoms with van der Waals surface area (Å²) < 4.78 is 5.39. The third-order valence-corrected chi connectivity index (χ3v) is 3.89. The maximum Gasteiger partial charge on any atom is 0.0594 e. The quantitative estimate of drug-likeness (QED) is 0.895. The van der Waals surface area contributed by atoms with Crippen molar-refractivity contribution in [1.82, 2.24) is 4.90 Å². The Bertz CT molecular complexity index is 379. The minimum absolute atomic E-state index is 0.206. The van der Waals surface area contributed by atoms with Crippen LogP contribution in [0.2, 0.25) is 5.02 Å². The lowest BCUT2D eigenvalue weighted by molar-refractivity contribution is -0.0152. The highest BCUT2D eigenvalue weighted by atomic mass is 35.5. The van der Waals surface area contributed by atoms with Crippen LogP contribution >= 0.6 is 11.6 Å². The number of halogens is 1. The van der Waals surface area contributed by atoms with Gasteiger partial charge >= 0.3 is 0 Å². The van der Waals surface area contributed by atoms with Gasteiger partial charge < -0.3 is 10.5 Å². The molecular formula is C13H19ClN2O. The summed E-state index contributed by atoms with van der Waals surface area (Å²) in [6.07, 6.45) is 0. The summed E-state index contributed by atoms with van der Waals surface area (Å²) in [6.45, 7) is 6.04. The first kappa shape index (κ1) is 12.8. The van der Waals surface area contributed by atoms with E-state index in [1.807, 2.05) is 18.2 Å². The predicted octanol–water partition coefficient (Wildman–Crippen LogP) is 1.85. The van der Waals surface area contributed by atoms with Crippen molar-refractivity contribution in [3.8, 4) is 0 Å². The van der Waals surface area contributed by atoms with Crippen LogP contribution in [0.1, 0.15) is 12.5 Å². The second-order valence-electron chi connectivity index (χ2n) is 4.56. The maximum absolute atomic E-state index is 6.29. The molecule has 17 heavy (non-hydrogen) atoms. The van der Waals surface area contributed by atoms with E-state index in [9.17, 15) is 0 Å². The van der Waals surface area contributed by atoms with Crippen molar-refractivity contribution >= 4 is 11.6 Å². The predicted molar refractivity (Wildman–Crippen MR) is 70.3 cm³/mol. The van der Waals surface area contributed by atoms with Crippen LogP contribution in [0, 0.1) is 0 Å². The van der Waals surface area contributed by atoms with Crippen molar-refractivity contribution in [2.45, 2.75) is 12.5 Å². The van der Waals surface area contributed by atoms with E-state index in [1.54, 1.807) is 0 Å². The second kappa shape index (κ2) is 5.36. The summed E-state index contributed by atoms with van der Waals surface area (Å²) in [4.78, 5) is 2.36. The first-order chi connectivity index (χ1) is 8.18. The molecule has 2 rings (SSSR count). The third kappa shape index (κ3) is 2.47. The fourth-order valence-electron chi connectivity index (χ4n) is 2.36. The van der Waals surface area contributed by atoms with Crippen LogP contribution in [0.15, 0.2) is 24.3 Å². The molecule has 1 aromatic rings. The average molecular weight is 255 g/mol. The molecule has 1 heterocycles. The Hall–Kier alpha value is -0.610. The molecule has 1 aliphatic rings. The molecule has 3 nitrogen and oxygen atoms in total. The zero-order chi connectivity index (χ0) is 12.3. The van der Waals surface area contributed by atoms with Gasteiger partial charge in [-0.25, -0.2) is 0 Å². The Labute approximate surface area is 107 Å². The van der Waals surface area contributed by atoms with E-state index in [0.717, 1.165) is 36.9 Å². The fraction of sp³-hybridized carbons (Fsp3) is 0.538. The molecule has 4 heteroatoms. The molecule has 1 aromatic carbocycles. The molecular weight excluding hydrogens is 236 g/mol. The van der Waals surface area contributed by atoms with E-state index >= 15 is 0 Å². The van der Waals surface area contributed by atoms with Crippen molar-refractivity contribution in [2.75, 3.05) is 32.8 Å². The van der Waals surface area contributed by atoms with Gasteiger partial charge in [-0.05, 0) is 18.6 Å². The number of morpholine rings is 1. The van der Waals surface area contributed by atoms with Gasteiger partial charge in [-0.2, -0.15) is 0 Å². The van der Waals surface area contributed by atoms with Gasteiger partial charge in [0.1, 0.15) is 0 Å². The molecule has 0 bridgehead atoms. The van der Waals surface area contributed by atoms with Crippen molar-refractivity contribution in [2.24, 2.45) is 5.73 Å². The molecule has 0 aliphatic carbocycles. The summed E-state index contributed by atoms with van der Waals surface area (Å²) in [6, 6.07) is 7.94. The van der Waals surface area contributed by atoms with Gasteiger partial charge in [0.15, 0.2) is 0 Å². The molecule has 0 aromatic heterocycles. The molecule has 0 radical (unpaired) electrons. The van der Waals surface area contributed by atoms with Crippen LogP contribution in [-0.2, 0) is 10.3 Å². The summed E-state index contributed by atoms with van der Waals surface area (Å²) in [5.74, 6) is 0. The van der Waals surface area contributed by atoms with Gasteiger partial charge in [-0.3, -0.25) is 4.90 Å². The van der Waals surface area contributed by atoms with Gasteiger partial charge in [-0.1, -0.05) is 29.8 Å². The minimum Gasteiger partial charge on any atom is -0.379 e. The number of nitrogens with zero attached hydrogens (tertiary/aromatic N) is 1. The van der Waals surface area contributed by atoms with Gasteiger partial charge in [-0.15, -0.1) is 0 Å². The maximum atomic E-state index is 6.29. The van der Waals surface area contributed by atoms with Crippen LogP contribution in [0.4, 0.5) is 0 Å². The van der Waals surface area contributed by atoms with E-state index in [0.29, 0.717) is 6.54 Å². The largest absolute Gasteiger partial charge is 0.379 e. The third-order valence-electron chi connectivity index (χ3n) is 3.56. The number of ether oxygens (including phenoxy) is 1. The normalized spacial score (nSPS) is 21.1. The molecule has 1 fully saturated rings. The first-order valence-corrected chi connectivity index (χ1v) is 6.34. The van der Waals surface area contributed by atoms with Crippen LogP contribution in [0.5, 0.6) is 0 Å². The van der Waals surface area contributed by atoms with Crippen LogP contribution in [0.3, 0.4) is 0 Å². The van der Waals surface area contributed by atoms with Crippen LogP contribution in [-0.4, -0.2) is 37.7 Å². The average Bonchev–Trinajstić information content (AvgIpc) is 2.39. The molecule has 0 amide bonds. The summed E-state index contributed by atoms with van der Waals surface area (Å²) in [5.41, 5.74) is 6.89. The lowest BCUT2D eigenvalue weighted by Gasteiger charge is -2.43. The Morgan fingerprint density at radius 3 is 2.59 bits per heavy atom. The van der Waals surface area contributed by atoms with E-state index in [2.05, 4.69) is 17.9 Å². The molecule has 0 saturated carbocycles. The summed E-state index contributed by atoms with van der Waals surface area (Å²) in [5, 5.41) is 0.784. The molecule has 94 valence electrons. The highest BCUT2D eigenvalue weighted by Crippen LogP contribution is 2.32. The first-order valence-electron chi connectivity index (χ1n) is 5.96. The number of benzene rings is 1. The highest BCUT2D eigenvalue weighted by molar-refractivity contribution is 6.31. The number of nitrogens with two attached hydrogens (primary N) is 1. The molecule has 1 aliphatic heterocycles. The van der Waals surface area contributed by atoms with Crippen molar-refractivity contribution in [3.05, 3.63) is 34.9 Å². The highest BCUT2D eigenvalue weighted by Gasteiger charge is 2.34. The lowest BCUT2D eigenvalue weighted by Crippen LogP contribution is -2.53. The van der Waals surface area contributed by atoms with Gasteiger partial charge in [0.2, 0.25) is 0 Å². The van der Waals surface area contributed by atoms with E-state index in [4.69, 9.17) is 22.1 Å². The molecule has 1 atom stereocenters. The minimum atomic E-state index is -0.206. The Morgan fingerprint density at radius 1 is 1.35 bits per heavy atom. The SMILES string of the molecule is C[C@](CN)(c1ccccc1Cl)N1CCOCC1. The summed E-state index contributed by atoms with van der Waals surface area (Å²) >= 11 is 6.29. The lowest BCUT2D eigenvalue weighted by atomic mass is 9.89. The van der Waals surface area contributed by atoms with E-state index < -0.39 is 0 Å². The van der Waals surface area contributed by atoms with E-state index in [1.165, 1.54) is 0 Å². The molecule has 2 N–H and O–H groups in total. The van der Waals surface area contributed by atoms with Crippen molar-refractivity contribution in [3.63, 3.8) is 0 Å².